The summed E-state index contributed by atoms with van der Waals surface area (Å²) < 4.78 is 9.33. The van der Waals surface area contributed by atoms with Crippen LogP contribution in [0.1, 0.15) is 52.4 Å². The Balaban J connectivity index is 3.80. The SMILES string of the molecule is CC(=O)CCC(=O)COC(=O)CCC(=O)OCC(=O)CCC(C)=O. The fourth-order valence-electron chi connectivity index (χ4n) is 1.45. The Morgan fingerprint density at radius 3 is 1.17 bits per heavy atom. The van der Waals surface area contributed by atoms with Crippen LogP contribution in [0.25, 0.3) is 0 Å². The van der Waals surface area contributed by atoms with Crippen LogP contribution in [0.3, 0.4) is 0 Å². The van der Waals surface area contributed by atoms with Crippen LogP contribution >= 0.6 is 0 Å². The number of carbonyl (C=O) groups excluding carboxylic acids is 6. The molecule has 0 aliphatic carbocycles. The Bertz CT molecular complexity index is 460. The third kappa shape index (κ3) is 13.3. The van der Waals surface area contributed by atoms with E-state index in [9.17, 15) is 28.8 Å². The summed E-state index contributed by atoms with van der Waals surface area (Å²) in [4.78, 5) is 66.7. The number of carbonyl (C=O) groups is 6. The van der Waals surface area contributed by atoms with Crippen molar-refractivity contribution in [1.82, 2.24) is 0 Å². The van der Waals surface area contributed by atoms with Crippen molar-refractivity contribution in [1.29, 1.82) is 0 Å². The molecule has 0 atom stereocenters. The van der Waals surface area contributed by atoms with Gasteiger partial charge >= 0.3 is 11.9 Å². The van der Waals surface area contributed by atoms with Gasteiger partial charge in [0, 0.05) is 25.7 Å². The number of ether oxygens (including phenoxy) is 2. The van der Waals surface area contributed by atoms with Crippen LogP contribution in [0.2, 0.25) is 0 Å². The standard InChI is InChI=1S/C16H22O8/c1-11(17)3-5-13(19)9-23-15(21)7-8-16(22)24-10-14(20)6-4-12(2)18/h3-10H2,1-2H3. The Labute approximate surface area is 139 Å². The lowest BCUT2D eigenvalue weighted by molar-refractivity contribution is -0.153. The zero-order valence-electron chi connectivity index (χ0n) is 13.9. The largest absolute Gasteiger partial charge is 0.458 e. The fourth-order valence-corrected chi connectivity index (χ4v) is 1.45. The van der Waals surface area contributed by atoms with Gasteiger partial charge in [0.2, 0.25) is 0 Å². The van der Waals surface area contributed by atoms with Crippen molar-refractivity contribution in [3.05, 3.63) is 0 Å². The first-order chi connectivity index (χ1) is 11.2. The average molecular weight is 342 g/mol. The van der Waals surface area contributed by atoms with Gasteiger partial charge in [0.05, 0.1) is 12.8 Å². The minimum atomic E-state index is -0.744. The first-order valence-corrected chi connectivity index (χ1v) is 7.54. The van der Waals surface area contributed by atoms with Crippen molar-refractivity contribution in [2.24, 2.45) is 0 Å². The summed E-state index contributed by atoms with van der Waals surface area (Å²) >= 11 is 0. The van der Waals surface area contributed by atoms with Gasteiger partial charge in [-0.2, -0.15) is 0 Å². The molecular formula is C16H22O8. The van der Waals surface area contributed by atoms with E-state index < -0.39 is 25.2 Å². The second kappa shape index (κ2) is 12.1. The molecule has 0 heterocycles. The molecule has 0 N–H and O–H groups in total. The van der Waals surface area contributed by atoms with Gasteiger partial charge in [-0.3, -0.25) is 19.2 Å². The average Bonchev–Trinajstić information content (AvgIpc) is 2.52. The molecule has 0 aliphatic heterocycles. The van der Waals surface area contributed by atoms with E-state index in [1.54, 1.807) is 0 Å². The molecule has 0 aliphatic rings. The Morgan fingerprint density at radius 1 is 0.542 bits per heavy atom. The van der Waals surface area contributed by atoms with Crippen molar-refractivity contribution in [2.45, 2.75) is 52.4 Å². The molecular weight excluding hydrogens is 320 g/mol. The van der Waals surface area contributed by atoms with E-state index in [0.29, 0.717) is 0 Å². The molecule has 0 unspecified atom stereocenters. The molecule has 0 saturated heterocycles. The van der Waals surface area contributed by atoms with Gasteiger partial charge < -0.3 is 19.1 Å². The lowest BCUT2D eigenvalue weighted by atomic mass is 10.2. The molecule has 0 bridgehead atoms. The maximum Gasteiger partial charge on any atom is 0.306 e. The lowest BCUT2D eigenvalue weighted by Crippen LogP contribution is -2.17. The van der Waals surface area contributed by atoms with E-state index in [1.807, 2.05) is 0 Å². The molecule has 0 spiro atoms. The molecule has 0 aromatic heterocycles. The van der Waals surface area contributed by atoms with Gasteiger partial charge in [-0.05, 0) is 13.8 Å². The molecule has 134 valence electrons. The van der Waals surface area contributed by atoms with Crippen LogP contribution in [-0.4, -0.2) is 48.3 Å². The van der Waals surface area contributed by atoms with Crippen molar-refractivity contribution in [2.75, 3.05) is 13.2 Å². The summed E-state index contributed by atoms with van der Waals surface area (Å²) in [6.07, 6.45) is -0.346. The van der Waals surface area contributed by atoms with Gasteiger partial charge in [0.25, 0.3) is 0 Å². The minimum absolute atomic E-state index is 0.00697. The number of Topliss-reactive ketones (excluding diaryl/α,β-unsaturated/α-hetero) is 4. The molecule has 8 nitrogen and oxygen atoms in total. The number of esters is 2. The van der Waals surface area contributed by atoms with E-state index in [4.69, 9.17) is 0 Å². The van der Waals surface area contributed by atoms with E-state index in [0.717, 1.165) is 0 Å². The van der Waals surface area contributed by atoms with Gasteiger partial charge in [0.1, 0.15) is 24.8 Å². The van der Waals surface area contributed by atoms with Gasteiger partial charge in [-0.25, -0.2) is 0 Å². The summed E-state index contributed by atoms with van der Waals surface area (Å²) in [5, 5.41) is 0. The van der Waals surface area contributed by atoms with Crippen LogP contribution in [0, 0.1) is 0 Å². The van der Waals surface area contributed by atoms with Crippen LogP contribution < -0.4 is 0 Å². The summed E-state index contributed by atoms with van der Waals surface area (Å²) in [6.45, 7) is 1.83. The highest BCUT2D eigenvalue weighted by molar-refractivity contribution is 5.88. The van der Waals surface area contributed by atoms with E-state index in [1.165, 1.54) is 13.8 Å². The molecule has 8 heteroatoms. The zero-order chi connectivity index (χ0) is 18.5. The topological polar surface area (TPSA) is 121 Å². The minimum Gasteiger partial charge on any atom is -0.458 e. The van der Waals surface area contributed by atoms with Crippen LogP contribution in [0.4, 0.5) is 0 Å². The zero-order valence-corrected chi connectivity index (χ0v) is 13.9. The second-order valence-electron chi connectivity index (χ2n) is 5.30. The highest BCUT2D eigenvalue weighted by Crippen LogP contribution is 2.00. The molecule has 24 heavy (non-hydrogen) atoms. The molecule has 0 amide bonds. The van der Waals surface area contributed by atoms with Crippen molar-refractivity contribution in [3.8, 4) is 0 Å². The van der Waals surface area contributed by atoms with E-state index >= 15 is 0 Å². The molecule has 0 aromatic rings. The van der Waals surface area contributed by atoms with Gasteiger partial charge in [0.15, 0.2) is 11.6 Å². The Hall–Kier alpha value is -2.38. The van der Waals surface area contributed by atoms with E-state index in [-0.39, 0.29) is 61.7 Å². The van der Waals surface area contributed by atoms with Crippen molar-refractivity contribution >= 4 is 35.1 Å². The van der Waals surface area contributed by atoms with Crippen LogP contribution in [0.5, 0.6) is 0 Å². The van der Waals surface area contributed by atoms with Crippen LogP contribution in [-0.2, 0) is 38.2 Å². The monoisotopic (exact) mass is 342 g/mol. The Kier molecular flexibility index (Phi) is 10.9. The number of hydrogen-bond acceptors (Lipinski definition) is 8. The third-order valence-corrected chi connectivity index (χ3v) is 2.83. The predicted molar refractivity (Wildman–Crippen MR) is 81.0 cm³/mol. The third-order valence-electron chi connectivity index (χ3n) is 2.83. The highest BCUT2D eigenvalue weighted by Gasteiger charge is 2.13. The molecule has 0 saturated carbocycles. The summed E-state index contributed by atoms with van der Waals surface area (Å²) in [7, 11) is 0. The first-order valence-electron chi connectivity index (χ1n) is 7.54. The lowest BCUT2D eigenvalue weighted by Gasteiger charge is -2.05. The normalized spacial score (nSPS) is 9.92. The fraction of sp³-hybridized carbons (Fsp3) is 0.625. The maximum absolute atomic E-state index is 11.4. The highest BCUT2D eigenvalue weighted by atomic mass is 16.5. The summed E-state index contributed by atoms with van der Waals surface area (Å²) in [5.74, 6) is -2.50. The predicted octanol–water partition coefficient (Wildman–Crippen LogP) is 0.730. The maximum atomic E-state index is 11.4. The summed E-state index contributed by atoms with van der Waals surface area (Å²) in [5.41, 5.74) is 0. The van der Waals surface area contributed by atoms with Gasteiger partial charge in [-0.15, -0.1) is 0 Å². The molecule has 0 fully saturated rings. The quantitative estimate of drug-likeness (QED) is 0.449. The van der Waals surface area contributed by atoms with Gasteiger partial charge in [-0.1, -0.05) is 0 Å². The molecule has 0 radical (unpaired) electrons. The van der Waals surface area contributed by atoms with Crippen molar-refractivity contribution < 1.29 is 38.2 Å². The first kappa shape index (κ1) is 21.6. The Morgan fingerprint density at radius 2 is 0.875 bits per heavy atom. The number of hydrogen-bond donors (Lipinski definition) is 0. The molecule has 0 rings (SSSR count). The van der Waals surface area contributed by atoms with Crippen molar-refractivity contribution in [3.63, 3.8) is 0 Å². The second-order valence-corrected chi connectivity index (χ2v) is 5.30. The number of rotatable bonds is 13. The molecule has 0 aromatic carbocycles. The van der Waals surface area contributed by atoms with E-state index in [2.05, 4.69) is 9.47 Å². The number of ketones is 4. The van der Waals surface area contributed by atoms with Crippen LogP contribution in [0.15, 0.2) is 0 Å². The summed E-state index contributed by atoms with van der Waals surface area (Å²) in [6, 6.07) is 0. The smallest absolute Gasteiger partial charge is 0.306 e.